The summed E-state index contributed by atoms with van der Waals surface area (Å²) in [5, 5.41) is 12.1. The fourth-order valence-electron chi connectivity index (χ4n) is 4.01. The quantitative estimate of drug-likeness (QED) is 0.780. The van der Waals surface area contributed by atoms with Gasteiger partial charge in [0.25, 0.3) is 0 Å². The van der Waals surface area contributed by atoms with Crippen LogP contribution in [0.1, 0.15) is 32.6 Å². The molecule has 2 bridgehead atoms. The maximum Gasteiger partial charge on any atom is 0.317 e. The zero-order chi connectivity index (χ0) is 15.0. The van der Waals surface area contributed by atoms with Gasteiger partial charge in [0.05, 0.1) is 5.41 Å². The summed E-state index contributed by atoms with van der Waals surface area (Å²) in [6, 6.07) is -0.112. The van der Waals surface area contributed by atoms with E-state index in [4.69, 9.17) is 0 Å². The second kappa shape index (κ2) is 5.35. The van der Waals surface area contributed by atoms with Crippen LogP contribution in [-0.4, -0.2) is 41.6 Å². The second-order valence-corrected chi connectivity index (χ2v) is 7.10. The van der Waals surface area contributed by atoms with E-state index in [0.29, 0.717) is 37.9 Å². The summed E-state index contributed by atoms with van der Waals surface area (Å²) in [6.45, 7) is 3.25. The van der Waals surface area contributed by atoms with Crippen molar-refractivity contribution in [3.63, 3.8) is 0 Å². The van der Waals surface area contributed by atoms with E-state index in [9.17, 15) is 14.7 Å². The molecule has 0 aromatic heterocycles. The normalized spacial score (nSPS) is 37.2. The number of hydrogen-bond acceptors (Lipinski definition) is 2. The molecule has 5 heteroatoms. The van der Waals surface area contributed by atoms with Crippen molar-refractivity contribution >= 4 is 12.0 Å². The third-order valence-corrected chi connectivity index (χ3v) is 5.48. The maximum absolute atomic E-state index is 12.1. The van der Waals surface area contributed by atoms with E-state index in [0.717, 1.165) is 12.3 Å². The van der Waals surface area contributed by atoms with Crippen LogP contribution < -0.4 is 5.32 Å². The number of carbonyl (C=O) groups excluding carboxylic acids is 1. The number of nitrogens with one attached hydrogen (secondary N) is 1. The fourth-order valence-corrected chi connectivity index (χ4v) is 4.01. The predicted octanol–water partition coefficient (Wildman–Crippen LogP) is 2.09. The van der Waals surface area contributed by atoms with E-state index in [1.54, 1.807) is 11.8 Å². The van der Waals surface area contributed by atoms with Crippen molar-refractivity contribution in [3.05, 3.63) is 12.2 Å². The van der Waals surface area contributed by atoms with Crippen molar-refractivity contribution < 1.29 is 14.7 Å². The predicted molar refractivity (Wildman–Crippen MR) is 78.8 cm³/mol. The van der Waals surface area contributed by atoms with Crippen molar-refractivity contribution in [2.45, 2.75) is 32.6 Å². The smallest absolute Gasteiger partial charge is 0.317 e. The number of carbonyl (C=O) groups is 2. The number of fused-ring (bicyclic) bond motifs is 2. The molecule has 1 saturated carbocycles. The van der Waals surface area contributed by atoms with Crippen LogP contribution in [0.3, 0.4) is 0 Å². The van der Waals surface area contributed by atoms with E-state index in [1.165, 1.54) is 12.8 Å². The number of amides is 2. The van der Waals surface area contributed by atoms with Crippen molar-refractivity contribution in [2.75, 3.05) is 19.6 Å². The van der Waals surface area contributed by atoms with Gasteiger partial charge in [0, 0.05) is 19.6 Å². The molecule has 1 saturated heterocycles. The summed E-state index contributed by atoms with van der Waals surface area (Å²) in [5.41, 5.74) is -0.785. The van der Waals surface area contributed by atoms with Crippen LogP contribution in [-0.2, 0) is 4.79 Å². The van der Waals surface area contributed by atoms with E-state index in [-0.39, 0.29) is 6.03 Å². The number of allylic oxidation sites excluding steroid dienone is 2. The van der Waals surface area contributed by atoms with E-state index >= 15 is 0 Å². The van der Waals surface area contributed by atoms with Crippen molar-refractivity contribution in [1.82, 2.24) is 10.2 Å². The van der Waals surface area contributed by atoms with Crippen LogP contribution in [0.25, 0.3) is 0 Å². The molecule has 0 radical (unpaired) electrons. The van der Waals surface area contributed by atoms with E-state index in [1.807, 2.05) is 0 Å². The largest absolute Gasteiger partial charge is 0.481 e. The van der Waals surface area contributed by atoms with Crippen LogP contribution >= 0.6 is 0 Å². The molecule has 0 spiro atoms. The third-order valence-electron chi connectivity index (χ3n) is 5.48. The molecular weight excluding hydrogens is 268 g/mol. The van der Waals surface area contributed by atoms with Crippen LogP contribution in [0.5, 0.6) is 0 Å². The number of carboxylic acid groups (broad SMARTS) is 1. The number of rotatable bonds is 4. The first-order valence-corrected chi connectivity index (χ1v) is 7.92. The molecule has 2 fully saturated rings. The molecule has 2 aliphatic carbocycles. The lowest BCUT2D eigenvalue weighted by Crippen LogP contribution is -2.41. The molecular formula is C16H24N2O3. The molecule has 4 atom stereocenters. The Morgan fingerprint density at radius 3 is 2.76 bits per heavy atom. The highest BCUT2D eigenvalue weighted by atomic mass is 16.4. The molecule has 0 aromatic carbocycles. The number of urea groups is 1. The van der Waals surface area contributed by atoms with Crippen LogP contribution in [0.4, 0.5) is 4.79 Å². The SMILES string of the molecule is CC1(C(=O)O)CCN(C(=O)NCCC2C[C@@H]3C=C[C@H]2C3)C1. The lowest BCUT2D eigenvalue weighted by Gasteiger charge is -2.22. The Balaban J connectivity index is 1.41. The number of nitrogens with zero attached hydrogens (tertiary/aromatic N) is 1. The highest BCUT2D eigenvalue weighted by molar-refractivity contribution is 5.79. The zero-order valence-corrected chi connectivity index (χ0v) is 12.5. The summed E-state index contributed by atoms with van der Waals surface area (Å²) in [4.78, 5) is 24.9. The molecule has 21 heavy (non-hydrogen) atoms. The monoisotopic (exact) mass is 292 g/mol. The average Bonchev–Trinajstić information content (AvgIpc) is 3.14. The molecule has 1 heterocycles. The Morgan fingerprint density at radius 2 is 2.19 bits per heavy atom. The van der Waals surface area contributed by atoms with Gasteiger partial charge in [0.15, 0.2) is 0 Å². The number of aliphatic carboxylic acids is 1. The minimum absolute atomic E-state index is 0.112. The standard InChI is InChI=1S/C16H24N2O3/c1-16(14(19)20)5-7-18(10-16)15(21)17-6-4-13-9-11-2-3-12(13)8-11/h2-3,11-13H,4-10H2,1H3,(H,17,21)(H,19,20)/t11-,12+,13?,16?/m1/s1. The first kappa shape index (κ1) is 14.4. The fraction of sp³-hybridized carbons (Fsp3) is 0.750. The lowest BCUT2D eigenvalue weighted by molar-refractivity contribution is -0.146. The van der Waals surface area contributed by atoms with Crippen molar-refractivity contribution in [2.24, 2.45) is 23.2 Å². The molecule has 5 nitrogen and oxygen atoms in total. The molecule has 2 unspecified atom stereocenters. The Hall–Kier alpha value is -1.52. The lowest BCUT2D eigenvalue weighted by atomic mass is 9.90. The second-order valence-electron chi connectivity index (χ2n) is 7.10. The number of carboxylic acids is 1. The summed E-state index contributed by atoms with van der Waals surface area (Å²) in [7, 11) is 0. The minimum Gasteiger partial charge on any atom is -0.481 e. The van der Waals surface area contributed by atoms with Gasteiger partial charge < -0.3 is 15.3 Å². The van der Waals surface area contributed by atoms with Gasteiger partial charge >= 0.3 is 12.0 Å². The third kappa shape index (κ3) is 2.78. The minimum atomic E-state index is -0.813. The van der Waals surface area contributed by atoms with Crippen LogP contribution in [0.2, 0.25) is 0 Å². The van der Waals surface area contributed by atoms with Gasteiger partial charge in [-0.1, -0.05) is 12.2 Å². The van der Waals surface area contributed by atoms with Gasteiger partial charge in [-0.3, -0.25) is 4.79 Å². The molecule has 2 N–H and O–H groups in total. The first-order chi connectivity index (χ1) is 9.98. The van der Waals surface area contributed by atoms with Gasteiger partial charge in [0.2, 0.25) is 0 Å². The van der Waals surface area contributed by atoms with Gasteiger partial charge in [-0.05, 0) is 50.4 Å². The summed E-state index contributed by atoms with van der Waals surface area (Å²) >= 11 is 0. The molecule has 0 aromatic rings. The number of likely N-dealkylation sites (tertiary alicyclic amines) is 1. The summed E-state index contributed by atoms with van der Waals surface area (Å²) < 4.78 is 0. The number of hydrogen-bond donors (Lipinski definition) is 2. The summed E-state index contributed by atoms with van der Waals surface area (Å²) in [5.74, 6) is 1.38. The van der Waals surface area contributed by atoms with Gasteiger partial charge in [-0.15, -0.1) is 0 Å². The average molecular weight is 292 g/mol. The highest BCUT2D eigenvalue weighted by Crippen LogP contribution is 2.44. The van der Waals surface area contributed by atoms with Crippen LogP contribution in [0.15, 0.2) is 12.2 Å². The molecule has 3 rings (SSSR count). The van der Waals surface area contributed by atoms with Gasteiger partial charge in [0.1, 0.15) is 0 Å². The molecule has 1 aliphatic heterocycles. The van der Waals surface area contributed by atoms with E-state index in [2.05, 4.69) is 17.5 Å². The Morgan fingerprint density at radius 1 is 1.38 bits per heavy atom. The first-order valence-electron chi connectivity index (χ1n) is 7.92. The maximum atomic E-state index is 12.1. The Bertz CT molecular complexity index is 476. The Kier molecular flexibility index (Phi) is 3.68. The summed E-state index contributed by atoms with van der Waals surface area (Å²) in [6.07, 6.45) is 8.78. The van der Waals surface area contributed by atoms with Crippen LogP contribution in [0, 0.1) is 23.2 Å². The van der Waals surface area contributed by atoms with Gasteiger partial charge in [-0.25, -0.2) is 4.79 Å². The molecule has 3 aliphatic rings. The van der Waals surface area contributed by atoms with Crippen molar-refractivity contribution in [1.29, 1.82) is 0 Å². The topological polar surface area (TPSA) is 69.6 Å². The Labute approximate surface area is 125 Å². The zero-order valence-electron chi connectivity index (χ0n) is 12.5. The molecule has 116 valence electrons. The van der Waals surface area contributed by atoms with E-state index < -0.39 is 11.4 Å². The highest BCUT2D eigenvalue weighted by Gasteiger charge is 2.42. The van der Waals surface area contributed by atoms with Crippen molar-refractivity contribution in [3.8, 4) is 0 Å². The molecule has 2 amide bonds. The van der Waals surface area contributed by atoms with Gasteiger partial charge in [-0.2, -0.15) is 0 Å².